The van der Waals surface area contributed by atoms with Gasteiger partial charge in [-0.25, -0.2) is 9.98 Å². The number of hydrogen-bond donors (Lipinski definition) is 2. The van der Waals surface area contributed by atoms with Crippen LogP contribution in [0, 0.1) is 5.92 Å². The first-order valence-electron chi connectivity index (χ1n) is 11.2. The Morgan fingerprint density at radius 2 is 1.90 bits per heavy atom. The normalized spacial score (nSPS) is 19.6. The highest BCUT2D eigenvalue weighted by Crippen LogP contribution is 2.17. The van der Waals surface area contributed by atoms with Gasteiger partial charge in [-0.15, -0.1) is 0 Å². The van der Waals surface area contributed by atoms with Gasteiger partial charge in [0.25, 0.3) is 0 Å². The van der Waals surface area contributed by atoms with Crippen molar-refractivity contribution in [2.24, 2.45) is 10.9 Å². The van der Waals surface area contributed by atoms with E-state index in [9.17, 15) is 0 Å². The largest absolute Gasteiger partial charge is 0.379 e. The number of rotatable bonds is 8. The topological polar surface area (TPSA) is 65.0 Å². The number of nitrogens with zero attached hydrogens (tertiary/aromatic N) is 4. The molecular formula is C22H38N6O. The number of morpholine rings is 1. The lowest BCUT2D eigenvalue weighted by Crippen LogP contribution is -2.52. The Morgan fingerprint density at radius 3 is 2.52 bits per heavy atom. The van der Waals surface area contributed by atoms with Gasteiger partial charge in [0.1, 0.15) is 5.82 Å². The molecule has 2 fully saturated rings. The van der Waals surface area contributed by atoms with Crippen molar-refractivity contribution < 1.29 is 4.74 Å². The minimum absolute atomic E-state index is 0.476. The number of nitrogens with one attached hydrogen (secondary N) is 2. The maximum atomic E-state index is 5.52. The van der Waals surface area contributed by atoms with Gasteiger partial charge in [-0.3, -0.25) is 4.90 Å². The van der Waals surface area contributed by atoms with Crippen LogP contribution in [0.25, 0.3) is 0 Å². The number of aromatic nitrogens is 1. The van der Waals surface area contributed by atoms with Crippen LogP contribution in [-0.4, -0.2) is 74.4 Å². The Morgan fingerprint density at radius 1 is 1.14 bits per heavy atom. The summed E-state index contributed by atoms with van der Waals surface area (Å²) in [5, 5.41) is 6.93. The van der Waals surface area contributed by atoms with Gasteiger partial charge >= 0.3 is 0 Å². The SMILES string of the molecule is CCNC(=NCc1ccc(N2CCCC2)nc1)NCC(C(C)C)N1CCOCC1. The molecule has 0 aromatic carbocycles. The summed E-state index contributed by atoms with van der Waals surface area (Å²) in [7, 11) is 0. The molecule has 3 rings (SSSR count). The molecule has 2 aliphatic heterocycles. The van der Waals surface area contributed by atoms with E-state index in [0.29, 0.717) is 18.5 Å². The molecule has 2 aliphatic rings. The van der Waals surface area contributed by atoms with Crippen molar-refractivity contribution in [1.82, 2.24) is 20.5 Å². The van der Waals surface area contributed by atoms with E-state index in [-0.39, 0.29) is 0 Å². The van der Waals surface area contributed by atoms with Gasteiger partial charge in [-0.05, 0) is 37.3 Å². The minimum Gasteiger partial charge on any atom is -0.379 e. The summed E-state index contributed by atoms with van der Waals surface area (Å²) >= 11 is 0. The first-order chi connectivity index (χ1) is 14.2. The molecule has 1 aromatic rings. The molecule has 3 heterocycles. The fourth-order valence-corrected chi connectivity index (χ4v) is 4.05. The highest BCUT2D eigenvalue weighted by Gasteiger charge is 2.23. The number of hydrogen-bond acceptors (Lipinski definition) is 5. The lowest BCUT2D eigenvalue weighted by Gasteiger charge is -2.37. The van der Waals surface area contributed by atoms with Crippen molar-refractivity contribution in [3.8, 4) is 0 Å². The molecular weight excluding hydrogens is 364 g/mol. The highest BCUT2D eigenvalue weighted by atomic mass is 16.5. The predicted octanol–water partition coefficient (Wildman–Crippen LogP) is 2.09. The summed E-state index contributed by atoms with van der Waals surface area (Å²) in [5.74, 6) is 2.53. The van der Waals surface area contributed by atoms with Crippen LogP contribution in [0.2, 0.25) is 0 Å². The molecule has 0 amide bonds. The Labute approximate surface area is 175 Å². The molecule has 1 unspecified atom stereocenters. The number of ether oxygens (including phenoxy) is 1. The third-order valence-corrected chi connectivity index (χ3v) is 5.77. The molecule has 0 aliphatic carbocycles. The molecule has 0 radical (unpaired) electrons. The molecule has 7 nitrogen and oxygen atoms in total. The maximum absolute atomic E-state index is 5.52. The van der Waals surface area contributed by atoms with Gasteiger partial charge in [0.05, 0.1) is 19.8 Å². The van der Waals surface area contributed by atoms with Crippen LogP contribution in [-0.2, 0) is 11.3 Å². The lowest BCUT2D eigenvalue weighted by atomic mass is 10.0. The van der Waals surface area contributed by atoms with Crippen LogP contribution < -0.4 is 15.5 Å². The number of anilines is 1. The third-order valence-electron chi connectivity index (χ3n) is 5.77. The lowest BCUT2D eigenvalue weighted by molar-refractivity contribution is 0.00752. The number of aliphatic imine (C=N–C) groups is 1. The monoisotopic (exact) mass is 402 g/mol. The zero-order valence-electron chi connectivity index (χ0n) is 18.4. The van der Waals surface area contributed by atoms with E-state index in [2.05, 4.69) is 58.3 Å². The van der Waals surface area contributed by atoms with E-state index in [1.54, 1.807) is 0 Å². The second-order valence-corrected chi connectivity index (χ2v) is 8.25. The fourth-order valence-electron chi connectivity index (χ4n) is 4.05. The molecule has 2 saturated heterocycles. The van der Waals surface area contributed by atoms with E-state index in [1.165, 1.54) is 12.8 Å². The van der Waals surface area contributed by atoms with Gasteiger partial charge in [0.15, 0.2) is 5.96 Å². The summed E-state index contributed by atoms with van der Waals surface area (Å²) in [6, 6.07) is 4.76. The average molecular weight is 403 g/mol. The summed E-state index contributed by atoms with van der Waals surface area (Å²) in [6.45, 7) is 15.0. The Bertz CT molecular complexity index is 621. The van der Waals surface area contributed by atoms with Crippen molar-refractivity contribution >= 4 is 11.8 Å². The first-order valence-corrected chi connectivity index (χ1v) is 11.2. The second kappa shape index (κ2) is 11.4. The van der Waals surface area contributed by atoms with Crippen LogP contribution in [0.1, 0.15) is 39.2 Å². The molecule has 0 saturated carbocycles. The molecule has 1 aromatic heterocycles. The Kier molecular flexibility index (Phi) is 8.55. The predicted molar refractivity (Wildman–Crippen MR) is 120 cm³/mol. The van der Waals surface area contributed by atoms with Crippen LogP contribution in [0.4, 0.5) is 5.82 Å². The van der Waals surface area contributed by atoms with Crippen molar-refractivity contribution in [1.29, 1.82) is 0 Å². The van der Waals surface area contributed by atoms with Crippen molar-refractivity contribution in [3.05, 3.63) is 23.9 Å². The number of pyridine rings is 1. The molecule has 0 bridgehead atoms. The zero-order valence-corrected chi connectivity index (χ0v) is 18.4. The van der Waals surface area contributed by atoms with Crippen molar-refractivity contribution in [2.45, 2.75) is 46.2 Å². The van der Waals surface area contributed by atoms with E-state index < -0.39 is 0 Å². The summed E-state index contributed by atoms with van der Waals surface area (Å²) in [5.41, 5.74) is 1.14. The molecule has 7 heteroatoms. The highest BCUT2D eigenvalue weighted by molar-refractivity contribution is 5.79. The second-order valence-electron chi connectivity index (χ2n) is 8.25. The van der Waals surface area contributed by atoms with E-state index in [0.717, 1.165) is 69.8 Å². The van der Waals surface area contributed by atoms with Gasteiger partial charge in [-0.2, -0.15) is 0 Å². The van der Waals surface area contributed by atoms with Gasteiger partial charge in [-0.1, -0.05) is 19.9 Å². The van der Waals surface area contributed by atoms with E-state index in [4.69, 9.17) is 9.73 Å². The van der Waals surface area contributed by atoms with Crippen LogP contribution in [0.3, 0.4) is 0 Å². The smallest absolute Gasteiger partial charge is 0.191 e. The zero-order chi connectivity index (χ0) is 20.5. The van der Waals surface area contributed by atoms with Crippen molar-refractivity contribution in [3.63, 3.8) is 0 Å². The maximum Gasteiger partial charge on any atom is 0.191 e. The van der Waals surface area contributed by atoms with Gasteiger partial charge in [0.2, 0.25) is 0 Å². The summed E-state index contributed by atoms with van der Waals surface area (Å²) in [4.78, 5) is 14.3. The van der Waals surface area contributed by atoms with E-state index >= 15 is 0 Å². The van der Waals surface area contributed by atoms with Crippen molar-refractivity contribution in [2.75, 3.05) is 57.4 Å². The first kappa shape index (κ1) is 21.8. The van der Waals surface area contributed by atoms with Crippen LogP contribution in [0.15, 0.2) is 23.3 Å². The summed E-state index contributed by atoms with van der Waals surface area (Å²) < 4.78 is 5.52. The van der Waals surface area contributed by atoms with Crippen LogP contribution in [0.5, 0.6) is 0 Å². The standard InChI is InChI=1S/C22H38N6O/c1-4-23-22(26-17-20(18(2)3)27-11-13-29-14-12-27)25-16-19-7-8-21(24-15-19)28-9-5-6-10-28/h7-8,15,18,20H,4-6,9-14,16-17H2,1-3H3,(H2,23,25,26). The summed E-state index contributed by atoms with van der Waals surface area (Å²) in [6.07, 6.45) is 4.51. The molecule has 0 spiro atoms. The third kappa shape index (κ3) is 6.57. The number of guanidine groups is 1. The van der Waals surface area contributed by atoms with Gasteiger partial charge < -0.3 is 20.3 Å². The van der Waals surface area contributed by atoms with Gasteiger partial charge in [0, 0.05) is 51.5 Å². The Hall–Kier alpha value is -1.86. The van der Waals surface area contributed by atoms with E-state index in [1.807, 2.05) is 6.20 Å². The molecule has 1 atom stereocenters. The Balaban J connectivity index is 1.55. The average Bonchev–Trinajstić information content (AvgIpc) is 3.28. The van der Waals surface area contributed by atoms with Crippen LogP contribution >= 0.6 is 0 Å². The molecule has 29 heavy (non-hydrogen) atoms. The molecule has 2 N–H and O–H groups in total. The fraction of sp³-hybridized carbons (Fsp3) is 0.727. The molecule has 162 valence electrons. The minimum atomic E-state index is 0.476. The quantitative estimate of drug-likeness (QED) is 0.513.